The summed E-state index contributed by atoms with van der Waals surface area (Å²) in [7, 11) is 0. The molecule has 1 aromatic carbocycles. The first-order valence-electron chi connectivity index (χ1n) is 6.87. The number of benzene rings is 1. The van der Waals surface area contributed by atoms with Crippen LogP contribution in [-0.4, -0.2) is 38.8 Å². The summed E-state index contributed by atoms with van der Waals surface area (Å²) < 4.78 is 35.1. The van der Waals surface area contributed by atoms with E-state index in [0.29, 0.717) is 35.6 Å². The van der Waals surface area contributed by atoms with Gasteiger partial charge in [0.2, 0.25) is 0 Å². The van der Waals surface area contributed by atoms with E-state index in [2.05, 4.69) is 10.6 Å². The van der Waals surface area contributed by atoms with E-state index < -0.39 is 19.0 Å². The first-order valence-corrected chi connectivity index (χ1v) is 7.25. The summed E-state index contributed by atoms with van der Waals surface area (Å²) in [6.45, 7) is 1.10. The lowest BCUT2D eigenvalue weighted by Gasteiger charge is -2.15. The average Bonchev–Trinajstić information content (AvgIpc) is 2.97. The Hall–Kier alpha value is -1.60. The molecule has 8 heteroatoms. The van der Waals surface area contributed by atoms with Gasteiger partial charge in [0, 0.05) is 17.5 Å². The summed E-state index contributed by atoms with van der Waals surface area (Å²) in [6.07, 6.45) is -1.69. The molecule has 1 fully saturated rings. The van der Waals surface area contributed by atoms with Crippen LogP contribution >= 0.6 is 11.6 Å². The molecule has 0 radical (unpaired) electrons. The number of alkyl halides is 2. The molecular weight excluding hydrogens is 318 g/mol. The van der Waals surface area contributed by atoms with Crippen LogP contribution in [-0.2, 0) is 4.74 Å². The van der Waals surface area contributed by atoms with Crippen molar-refractivity contribution in [1.29, 1.82) is 0 Å². The molecule has 0 bridgehead atoms. The highest BCUT2D eigenvalue weighted by atomic mass is 35.5. The van der Waals surface area contributed by atoms with Gasteiger partial charge in [0.05, 0.1) is 25.4 Å². The van der Waals surface area contributed by atoms with E-state index in [0.717, 1.165) is 13.0 Å². The predicted molar refractivity (Wildman–Crippen MR) is 78.9 cm³/mol. The largest absolute Gasteiger partial charge is 0.491 e. The van der Waals surface area contributed by atoms with Gasteiger partial charge in [-0.25, -0.2) is 13.6 Å². The van der Waals surface area contributed by atoms with E-state index >= 15 is 0 Å². The number of nitrogens with one attached hydrogen (secondary N) is 2. The van der Waals surface area contributed by atoms with E-state index in [1.807, 2.05) is 0 Å². The smallest absolute Gasteiger partial charge is 0.319 e. The number of urea groups is 1. The number of hydrogen-bond donors (Lipinski definition) is 2. The number of carbonyl (C=O) groups excluding carboxylic acids is 1. The van der Waals surface area contributed by atoms with Gasteiger partial charge in [0.1, 0.15) is 5.75 Å². The standard InChI is InChI=1S/C14H17ClF2N2O3/c15-10-1-2-12(22-8-9-3-4-21-7-9)11(5-10)19-14(20)18-6-13(16)17/h1-2,5,9,13H,3-4,6-8H2,(H2,18,19,20). The highest BCUT2D eigenvalue weighted by Gasteiger charge is 2.17. The molecule has 1 aliphatic rings. The monoisotopic (exact) mass is 334 g/mol. The normalized spacial score (nSPS) is 17.5. The van der Waals surface area contributed by atoms with Crippen LogP contribution in [0.5, 0.6) is 5.75 Å². The minimum atomic E-state index is -2.61. The van der Waals surface area contributed by atoms with Crippen LogP contribution in [0.25, 0.3) is 0 Å². The van der Waals surface area contributed by atoms with E-state index in [9.17, 15) is 13.6 Å². The van der Waals surface area contributed by atoms with Crippen molar-refractivity contribution >= 4 is 23.3 Å². The maximum atomic E-state index is 12.1. The van der Waals surface area contributed by atoms with Gasteiger partial charge in [-0.15, -0.1) is 0 Å². The van der Waals surface area contributed by atoms with Crippen LogP contribution in [0.4, 0.5) is 19.3 Å². The van der Waals surface area contributed by atoms with Crippen molar-refractivity contribution in [2.24, 2.45) is 5.92 Å². The van der Waals surface area contributed by atoms with Gasteiger partial charge in [-0.3, -0.25) is 0 Å². The third-order valence-electron chi connectivity index (χ3n) is 3.11. The van der Waals surface area contributed by atoms with Crippen molar-refractivity contribution in [3.8, 4) is 5.75 Å². The van der Waals surface area contributed by atoms with Crippen molar-refractivity contribution in [2.75, 3.05) is 31.7 Å². The number of rotatable bonds is 6. The Labute approximate surface area is 131 Å². The number of carbonyl (C=O) groups is 1. The molecule has 0 aliphatic carbocycles. The topological polar surface area (TPSA) is 59.6 Å². The molecule has 5 nitrogen and oxygen atoms in total. The first kappa shape index (κ1) is 16.8. The Morgan fingerprint density at radius 1 is 1.50 bits per heavy atom. The fourth-order valence-corrected chi connectivity index (χ4v) is 2.16. The van der Waals surface area contributed by atoms with Crippen LogP contribution in [0.1, 0.15) is 6.42 Å². The van der Waals surface area contributed by atoms with Crippen LogP contribution in [0.15, 0.2) is 18.2 Å². The summed E-state index contributed by atoms with van der Waals surface area (Å²) in [6, 6.07) is 4.02. The van der Waals surface area contributed by atoms with Gasteiger partial charge in [0.15, 0.2) is 0 Å². The summed E-state index contributed by atoms with van der Waals surface area (Å²) in [5.41, 5.74) is 0.332. The molecule has 0 aromatic heterocycles. The molecule has 2 N–H and O–H groups in total. The maximum Gasteiger partial charge on any atom is 0.319 e. The number of ether oxygens (including phenoxy) is 2. The van der Waals surface area contributed by atoms with Gasteiger partial charge in [0.25, 0.3) is 6.43 Å². The third kappa shape index (κ3) is 5.31. The highest BCUT2D eigenvalue weighted by molar-refractivity contribution is 6.31. The molecule has 1 aromatic rings. The van der Waals surface area contributed by atoms with Crippen molar-refractivity contribution < 1.29 is 23.0 Å². The van der Waals surface area contributed by atoms with Crippen molar-refractivity contribution in [3.05, 3.63) is 23.2 Å². The Balaban J connectivity index is 1.95. The molecular formula is C14H17ClF2N2O3. The van der Waals surface area contributed by atoms with Gasteiger partial charge in [-0.1, -0.05) is 11.6 Å². The van der Waals surface area contributed by atoms with E-state index in [1.54, 1.807) is 12.1 Å². The lowest BCUT2D eigenvalue weighted by Crippen LogP contribution is -2.32. The predicted octanol–water partition coefficient (Wildman–Crippen LogP) is 3.14. The summed E-state index contributed by atoms with van der Waals surface area (Å²) in [4.78, 5) is 11.6. The molecule has 0 spiro atoms. The van der Waals surface area contributed by atoms with Crippen molar-refractivity contribution in [2.45, 2.75) is 12.8 Å². The van der Waals surface area contributed by atoms with Crippen LogP contribution < -0.4 is 15.4 Å². The van der Waals surface area contributed by atoms with Crippen molar-refractivity contribution in [3.63, 3.8) is 0 Å². The Morgan fingerprint density at radius 3 is 3.00 bits per heavy atom. The van der Waals surface area contributed by atoms with E-state index in [-0.39, 0.29) is 0 Å². The Morgan fingerprint density at radius 2 is 2.32 bits per heavy atom. The van der Waals surface area contributed by atoms with Gasteiger partial charge in [-0.2, -0.15) is 0 Å². The molecule has 1 aliphatic heterocycles. The maximum absolute atomic E-state index is 12.1. The van der Waals surface area contributed by atoms with Gasteiger partial charge in [-0.05, 0) is 24.6 Å². The second-order valence-corrected chi connectivity index (χ2v) is 5.34. The minimum Gasteiger partial charge on any atom is -0.491 e. The SMILES string of the molecule is O=C(NCC(F)F)Nc1cc(Cl)ccc1OCC1CCOC1. The third-order valence-corrected chi connectivity index (χ3v) is 3.34. The number of anilines is 1. The quantitative estimate of drug-likeness (QED) is 0.840. The molecule has 1 unspecified atom stereocenters. The van der Waals surface area contributed by atoms with E-state index in [4.69, 9.17) is 21.1 Å². The molecule has 122 valence electrons. The summed E-state index contributed by atoms with van der Waals surface area (Å²) >= 11 is 5.89. The Bertz CT molecular complexity index is 511. The Kier molecular flexibility index (Phi) is 6.21. The zero-order chi connectivity index (χ0) is 15.9. The molecule has 2 rings (SSSR count). The molecule has 0 saturated carbocycles. The molecule has 22 heavy (non-hydrogen) atoms. The van der Waals surface area contributed by atoms with Gasteiger partial charge >= 0.3 is 6.03 Å². The zero-order valence-corrected chi connectivity index (χ0v) is 12.5. The first-order chi connectivity index (χ1) is 10.5. The average molecular weight is 335 g/mol. The lowest BCUT2D eigenvalue weighted by atomic mass is 10.1. The van der Waals surface area contributed by atoms with E-state index in [1.165, 1.54) is 6.07 Å². The summed E-state index contributed by atoms with van der Waals surface area (Å²) in [5.74, 6) is 0.736. The fraction of sp³-hybridized carbons (Fsp3) is 0.500. The number of halogens is 3. The van der Waals surface area contributed by atoms with Crippen LogP contribution in [0, 0.1) is 5.92 Å². The minimum absolute atomic E-state index is 0.302. The fourth-order valence-electron chi connectivity index (χ4n) is 1.98. The molecule has 1 heterocycles. The summed E-state index contributed by atoms with van der Waals surface area (Å²) in [5, 5.41) is 4.92. The molecule has 1 saturated heterocycles. The van der Waals surface area contributed by atoms with Crippen LogP contribution in [0.3, 0.4) is 0 Å². The van der Waals surface area contributed by atoms with Gasteiger partial charge < -0.3 is 20.1 Å². The zero-order valence-electron chi connectivity index (χ0n) is 11.8. The number of hydrogen-bond acceptors (Lipinski definition) is 3. The second kappa shape index (κ2) is 8.14. The molecule has 1 atom stereocenters. The second-order valence-electron chi connectivity index (χ2n) is 4.91. The molecule has 2 amide bonds. The highest BCUT2D eigenvalue weighted by Crippen LogP contribution is 2.29. The van der Waals surface area contributed by atoms with Crippen LogP contribution in [0.2, 0.25) is 5.02 Å². The number of amides is 2. The van der Waals surface area contributed by atoms with Crippen molar-refractivity contribution in [1.82, 2.24) is 5.32 Å². The lowest BCUT2D eigenvalue weighted by molar-refractivity contribution is 0.148.